The van der Waals surface area contributed by atoms with E-state index in [4.69, 9.17) is 9.15 Å². The molecule has 6 nitrogen and oxygen atoms in total. The summed E-state index contributed by atoms with van der Waals surface area (Å²) in [6.45, 7) is 2.17. The summed E-state index contributed by atoms with van der Waals surface area (Å²) >= 11 is 0. The summed E-state index contributed by atoms with van der Waals surface area (Å²) in [7, 11) is 0. The Morgan fingerprint density at radius 3 is 2.88 bits per heavy atom. The van der Waals surface area contributed by atoms with Gasteiger partial charge in [-0.1, -0.05) is 12.1 Å². The molecule has 4 rings (SSSR count). The highest BCUT2D eigenvalue weighted by molar-refractivity contribution is 5.90. The third-order valence-electron chi connectivity index (χ3n) is 4.13. The van der Waals surface area contributed by atoms with Gasteiger partial charge in [0.1, 0.15) is 11.6 Å². The fourth-order valence-electron chi connectivity index (χ4n) is 2.89. The van der Waals surface area contributed by atoms with Crippen LogP contribution in [-0.4, -0.2) is 29.2 Å². The van der Waals surface area contributed by atoms with E-state index in [0.717, 1.165) is 48.5 Å². The van der Waals surface area contributed by atoms with E-state index in [2.05, 4.69) is 20.6 Å². The van der Waals surface area contributed by atoms with Crippen molar-refractivity contribution in [3.63, 3.8) is 0 Å². The highest BCUT2D eigenvalue weighted by atomic mass is 16.5. The number of para-hydroxylation sites is 1. The number of nitrogens with zero attached hydrogens (tertiary/aromatic N) is 2. The van der Waals surface area contributed by atoms with Crippen LogP contribution >= 0.6 is 0 Å². The van der Waals surface area contributed by atoms with Crippen molar-refractivity contribution in [2.75, 3.05) is 23.8 Å². The number of ether oxygens (including phenoxy) is 1. The van der Waals surface area contributed by atoms with Crippen LogP contribution in [-0.2, 0) is 11.3 Å². The van der Waals surface area contributed by atoms with Crippen LogP contribution in [0.25, 0.3) is 10.9 Å². The van der Waals surface area contributed by atoms with Gasteiger partial charge in [-0.05, 0) is 37.1 Å². The fourth-order valence-corrected chi connectivity index (χ4v) is 2.89. The Bertz CT molecular complexity index is 798. The normalized spacial score (nSPS) is 17.2. The molecule has 2 aromatic heterocycles. The standard InChI is InChI=1S/C18H20N4O2/c1-2-8-16-15(7-1)17(19-11-13-5-3-9-23-13)22-18(21-16)20-12-14-6-4-10-24-14/h1-2,4,6-8,10,13H,3,5,9,11-12H2,(H2,19,20,21,22)/t13-/m1/s1. The lowest BCUT2D eigenvalue weighted by atomic mass is 10.2. The van der Waals surface area contributed by atoms with Crippen LogP contribution in [0.15, 0.2) is 47.1 Å². The highest BCUT2D eigenvalue weighted by Gasteiger charge is 2.16. The van der Waals surface area contributed by atoms with Gasteiger partial charge in [-0.25, -0.2) is 4.98 Å². The molecule has 0 saturated carbocycles. The van der Waals surface area contributed by atoms with Crippen LogP contribution < -0.4 is 10.6 Å². The van der Waals surface area contributed by atoms with Gasteiger partial charge in [-0.2, -0.15) is 4.98 Å². The molecule has 24 heavy (non-hydrogen) atoms. The van der Waals surface area contributed by atoms with Crippen molar-refractivity contribution in [3.05, 3.63) is 48.4 Å². The van der Waals surface area contributed by atoms with Gasteiger partial charge >= 0.3 is 0 Å². The quantitative estimate of drug-likeness (QED) is 0.724. The first-order valence-corrected chi connectivity index (χ1v) is 8.27. The molecule has 124 valence electrons. The van der Waals surface area contributed by atoms with Crippen molar-refractivity contribution < 1.29 is 9.15 Å². The first-order valence-electron chi connectivity index (χ1n) is 8.27. The summed E-state index contributed by atoms with van der Waals surface area (Å²) in [6.07, 6.45) is 4.15. The first-order chi connectivity index (χ1) is 11.9. The van der Waals surface area contributed by atoms with Crippen LogP contribution in [0.5, 0.6) is 0 Å². The smallest absolute Gasteiger partial charge is 0.225 e. The number of hydrogen-bond acceptors (Lipinski definition) is 6. The zero-order chi connectivity index (χ0) is 16.2. The minimum atomic E-state index is 0.262. The van der Waals surface area contributed by atoms with Crippen LogP contribution in [0.2, 0.25) is 0 Å². The molecule has 1 atom stereocenters. The van der Waals surface area contributed by atoms with Crippen molar-refractivity contribution in [2.24, 2.45) is 0 Å². The third-order valence-corrected chi connectivity index (χ3v) is 4.13. The number of fused-ring (bicyclic) bond motifs is 1. The van der Waals surface area contributed by atoms with E-state index in [9.17, 15) is 0 Å². The average molecular weight is 324 g/mol. The number of anilines is 2. The van der Waals surface area contributed by atoms with Gasteiger partial charge in [0.25, 0.3) is 0 Å². The Morgan fingerprint density at radius 1 is 1.08 bits per heavy atom. The van der Waals surface area contributed by atoms with Crippen molar-refractivity contribution in [1.82, 2.24) is 9.97 Å². The maximum atomic E-state index is 5.68. The molecule has 3 heterocycles. The van der Waals surface area contributed by atoms with E-state index >= 15 is 0 Å². The number of hydrogen-bond donors (Lipinski definition) is 2. The van der Waals surface area contributed by atoms with Gasteiger partial charge in [0, 0.05) is 18.5 Å². The molecular formula is C18H20N4O2. The molecule has 1 fully saturated rings. The fraction of sp³-hybridized carbons (Fsp3) is 0.333. The molecule has 1 aliphatic rings. The maximum absolute atomic E-state index is 5.68. The molecule has 3 aromatic rings. The number of aromatic nitrogens is 2. The third kappa shape index (κ3) is 3.33. The molecule has 0 radical (unpaired) electrons. The van der Waals surface area contributed by atoms with Gasteiger partial charge in [0.15, 0.2) is 0 Å². The Hall–Kier alpha value is -2.60. The number of nitrogens with one attached hydrogen (secondary N) is 2. The zero-order valence-corrected chi connectivity index (χ0v) is 13.4. The number of benzene rings is 1. The monoisotopic (exact) mass is 324 g/mol. The van der Waals surface area contributed by atoms with E-state index < -0.39 is 0 Å². The summed E-state index contributed by atoms with van der Waals surface area (Å²) in [6, 6.07) is 11.8. The summed E-state index contributed by atoms with van der Waals surface area (Å²) in [5.74, 6) is 2.26. The zero-order valence-electron chi connectivity index (χ0n) is 13.4. The highest BCUT2D eigenvalue weighted by Crippen LogP contribution is 2.23. The molecule has 6 heteroatoms. The molecule has 1 aliphatic heterocycles. The molecule has 2 N–H and O–H groups in total. The van der Waals surface area contributed by atoms with Crippen molar-refractivity contribution in [3.8, 4) is 0 Å². The maximum Gasteiger partial charge on any atom is 0.225 e. The molecule has 0 spiro atoms. The second-order valence-electron chi connectivity index (χ2n) is 5.86. The van der Waals surface area contributed by atoms with Gasteiger partial charge in [0.05, 0.1) is 24.4 Å². The average Bonchev–Trinajstić information content (AvgIpc) is 3.31. The van der Waals surface area contributed by atoms with Gasteiger partial charge < -0.3 is 19.8 Å². The SMILES string of the molecule is c1coc(CNc2nc(NC[C@H]3CCCO3)c3ccccc3n2)c1. The Labute approximate surface area is 140 Å². The lowest BCUT2D eigenvalue weighted by molar-refractivity contribution is 0.120. The largest absolute Gasteiger partial charge is 0.467 e. The minimum Gasteiger partial charge on any atom is -0.467 e. The lowest BCUT2D eigenvalue weighted by Crippen LogP contribution is -2.19. The predicted octanol–water partition coefficient (Wildman–Crippen LogP) is 3.43. The summed E-state index contributed by atoms with van der Waals surface area (Å²) in [4.78, 5) is 9.21. The van der Waals surface area contributed by atoms with E-state index in [1.54, 1.807) is 6.26 Å². The van der Waals surface area contributed by atoms with Crippen LogP contribution in [0.4, 0.5) is 11.8 Å². The van der Waals surface area contributed by atoms with Crippen molar-refractivity contribution in [2.45, 2.75) is 25.5 Å². The molecular weight excluding hydrogens is 304 g/mol. The van der Waals surface area contributed by atoms with E-state index in [0.29, 0.717) is 12.5 Å². The summed E-state index contributed by atoms with van der Waals surface area (Å²) in [5.41, 5.74) is 0.907. The second kappa shape index (κ2) is 6.88. The van der Waals surface area contributed by atoms with Crippen molar-refractivity contribution >= 4 is 22.7 Å². The Balaban J connectivity index is 1.55. The Morgan fingerprint density at radius 2 is 2.04 bits per heavy atom. The van der Waals surface area contributed by atoms with E-state index in [1.165, 1.54) is 0 Å². The molecule has 0 amide bonds. The number of furan rings is 1. The topological polar surface area (TPSA) is 72.2 Å². The van der Waals surface area contributed by atoms with Gasteiger partial charge in [-0.3, -0.25) is 0 Å². The molecule has 0 unspecified atom stereocenters. The predicted molar refractivity (Wildman–Crippen MR) is 93.0 cm³/mol. The molecule has 1 saturated heterocycles. The number of rotatable bonds is 6. The lowest BCUT2D eigenvalue weighted by Gasteiger charge is -2.14. The van der Waals surface area contributed by atoms with E-state index in [-0.39, 0.29) is 6.10 Å². The second-order valence-corrected chi connectivity index (χ2v) is 5.86. The molecule has 1 aromatic carbocycles. The van der Waals surface area contributed by atoms with Gasteiger partial charge in [0.2, 0.25) is 5.95 Å². The van der Waals surface area contributed by atoms with Crippen molar-refractivity contribution in [1.29, 1.82) is 0 Å². The van der Waals surface area contributed by atoms with Crippen LogP contribution in [0.1, 0.15) is 18.6 Å². The summed E-state index contributed by atoms with van der Waals surface area (Å²) < 4.78 is 11.0. The first kappa shape index (κ1) is 15.0. The van der Waals surface area contributed by atoms with Crippen LogP contribution in [0, 0.1) is 0 Å². The van der Waals surface area contributed by atoms with Gasteiger partial charge in [-0.15, -0.1) is 0 Å². The molecule has 0 bridgehead atoms. The van der Waals surface area contributed by atoms with E-state index in [1.807, 2.05) is 36.4 Å². The minimum absolute atomic E-state index is 0.262. The Kier molecular flexibility index (Phi) is 4.29. The molecule has 0 aliphatic carbocycles. The summed E-state index contributed by atoms with van der Waals surface area (Å²) in [5, 5.41) is 7.66. The van der Waals surface area contributed by atoms with Crippen LogP contribution in [0.3, 0.4) is 0 Å².